The Morgan fingerprint density at radius 1 is 0.559 bits per heavy atom. The van der Waals surface area contributed by atoms with Crippen LogP contribution in [0.3, 0.4) is 0 Å². The summed E-state index contributed by atoms with van der Waals surface area (Å²) in [4.78, 5) is 0. The number of benzene rings is 1. The second-order valence-corrected chi connectivity index (χ2v) is 29.8. The second kappa shape index (κ2) is 18.0. The lowest BCUT2D eigenvalue weighted by atomic mass is 9.66. The zero-order valence-corrected chi connectivity index (χ0v) is 46.6. The van der Waals surface area contributed by atoms with E-state index >= 15 is 0 Å². The van der Waals surface area contributed by atoms with Crippen molar-refractivity contribution in [3.8, 4) is 0 Å². The van der Waals surface area contributed by atoms with Gasteiger partial charge in [0.2, 0.25) is 0 Å². The summed E-state index contributed by atoms with van der Waals surface area (Å²) in [6.45, 7) is 39.6. The lowest BCUT2D eigenvalue weighted by Crippen LogP contribution is -2.29. The Hall–Kier alpha value is -2.86. The van der Waals surface area contributed by atoms with Crippen LogP contribution >= 0.6 is 0 Å². The van der Waals surface area contributed by atoms with E-state index in [0.717, 1.165) is 35.5 Å². The van der Waals surface area contributed by atoms with Gasteiger partial charge in [0.15, 0.2) is 0 Å². The lowest BCUT2D eigenvalue weighted by Gasteiger charge is -2.38. The zero-order chi connectivity index (χ0) is 48.9. The summed E-state index contributed by atoms with van der Waals surface area (Å²) in [5.74, 6) is 7.19. The first kappa shape index (κ1) is 50.1. The molecular weight excluding hydrogens is 817 g/mol. The molecule has 370 valence electrons. The van der Waals surface area contributed by atoms with Gasteiger partial charge in [-0.2, -0.15) is 0 Å². The van der Waals surface area contributed by atoms with E-state index in [1.54, 1.807) is 39.0 Å². The van der Waals surface area contributed by atoms with Crippen molar-refractivity contribution < 1.29 is 0 Å². The van der Waals surface area contributed by atoms with Crippen molar-refractivity contribution in [3.05, 3.63) is 129 Å². The Morgan fingerprint density at radius 2 is 1.21 bits per heavy atom. The summed E-state index contributed by atoms with van der Waals surface area (Å²) in [6, 6.07) is 8.09. The number of hydrogen-bond acceptors (Lipinski definition) is 0. The highest BCUT2D eigenvalue weighted by molar-refractivity contribution is 5.50. The molecule has 4 saturated carbocycles. The molecule has 8 aliphatic carbocycles. The standard InChI is InChI=1S/C68H98/c1-63(2,3)50-31-43(32-53(41-50)67(13,14)29-30-68(15,16)54-36-46-28-27-45-35-51(64(4,5)6)38-49(39-54)60(45)46)33-57-47(34-48-37-52(65(7,8)9)42-59(48)66(10,11)12)40-58-55-26-22-24-44-23-20-18-17-19-21-25-56(61(44)55)62(57)58/h18,20,25,31-32,35-39,41-42,44,47,49,55,57-62H,17,19,21-24,26-30,33-34,40H2,1-16H3. The maximum Gasteiger partial charge on any atom is 0.0112 e. The van der Waals surface area contributed by atoms with Crippen LogP contribution in [-0.2, 0) is 17.3 Å². The number of fused-ring (bicyclic) bond motifs is 3. The van der Waals surface area contributed by atoms with Crippen LogP contribution in [0.15, 0.2) is 112 Å². The Morgan fingerprint density at radius 3 is 1.88 bits per heavy atom. The fraction of sp³-hybridized carbons (Fsp3) is 0.676. The highest BCUT2D eigenvalue weighted by Crippen LogP contribution is 2.65. The normalized spacial score (nSPS) is 32.0. The van der Waals surface area contributed by atoms with E-state index in [0.29, 0.717) is 23.7 Å². The molecule has 0 aliphatic heterocycles. The number of allylic oxidation sites excluding steroid dienone is 16. The molecule has 4 fully saturated rings. The van der Waals surface area contributed by atoms with Crippen LogP contribution in [0.5, 0.6) is 0 Å². The van der Waals surface area contributed by atoms with E-state index < -0.39 is 0 Å². The SMILES string of the molecule is CC(C)(C)C1=CC2C=C(C(C)(C)CCC(C)(C)c3cc(CC4C(CC5=CC(C(C)(C)C)=CC5C(C)(C)C)CC5C6CCCC7CC=CCCCC=C(C76)C45)cc(C(C)(C)C)c3)C=C3CCC(=C1)C32. The predicted molar refractivity (Wildman–Crippen MR) is 295 cm³/mol. The minimum absolute atomic E-state index is 0.0642. The molecule has 0 N–H and O–H groups in total. The number of hydrogen-bond donors (Lipinski definition) is 0. The van der Waals surface area contributed by atoms with E-state index in [4.69, 9.17) is 0 Å². The first-order valence-electron chi connectivity index (χ1n) is 28.5. The van der Waals surface area contributed by atoms with Crippen molar-refractivity contribution in [1.29, 1.82) is 0 Å². The van der Waals surface area contributed by atoms with Gasteiger partial charge in [-0.15, -0.1) is 0 Å². The first-order valence-corrected chi connectivity index (χ1v) is 28.5. The van der Waals surface area contributed by atoms with Crippen LogP contribution in [0.4, 0.5) is 0 Å². The van der Waals surface area contributed by atoms with Gasteiger partial charge in [-0.1, -0.05) is 212 Å². The average Bonchev–Trinajstić information content (AvgIpc) is 4.03. The molecule has 68 heavy (non-hydrogen) atoms. The van der Waals surface area contributed by atoms with Gasteiger partial charge in [-0.25, -0.2) is 0 Å². The molecule has 0 nitrogen and oxygen atoms in total. The van der Waals surface area contributed by atoms with Crippen molar-refractivity contribution in [3.63, 3.8) is 0 Å². The maximum absolute atomic E-state index is 2.87. The summed E-state index contributed by atoms with van der Waals surface area (Å²) in [6.07, 6.45) is 42.2. The molecule has 0 spiro atoms. The third-order valence-electron chi connectivity index (χ3n) is 19.9. The summed E-state index contributed by atoms with van der Waals surface area (Å²) in [7, 11) is 0. The maximum atomic E-state index is 2.87. The van der Waals surface area contributed by atoms with Gasteiger partial charge in [0, 0.05) is 17.8 Å². The molecule has 8 aliphatic rings. The van der Waals surface area contributed by atoms with Gasteiger partial charge in [0.1, 0.15) is 0 Å². The Labute approximate surface area is 418 Å². The van der Waals surface area contributed by atoms with Crippen molar-refractivity contribution in [1.82, 2.24) is 0 Å². The van der Waals surface area contributed by atoms with Crippen LogP contribution in [0.2, 0.25) is 0 Å². The molecule has 0 heterocycles. The van der Waals surface area contributed by atoms with Crippen molar-refractivity contribution in [2.45, 2.75) is 212 Å². The highest BCUT2D eigenvalue weighted by Gasteiger charge is 2.58. The summed E-state index contributed by atoms with van der Waals surface area (Å²) in [5.41, 5.74) is 17.4. The Bertz CT molecular complexity index is 2330. The largest absolute Gasteiger partial charge is 0.0885 e. The Balaban J connectivity index is 1.05. The molecule has 1 aromatic carbocycles. The van der Waals surface area contributed by atoms with Gasteiger partial charge in [-0.3, -0.25) is 0 Å². The second-order valence-electron chi connectivity index (χ2n) is 29.8. The van der Waals surface area contributed by atoms with E-state index in [-0.39, 0.29) is 32.5 Å². The minimum Gasteiger partial charge on any atom is -0.0885 e. The zero-order valence-electron chi connectivity index (χ0n) is 46.6. The topological polar surface area (TPSA) is 0 Å². The van der Waals surface area contributed by atoms with Crippen LogP contribution in [-0.4, -0.2) is 0 Å². The molecule has 0 bridgehead atoms. The average molecular weight is 916 g/mol. The first-order chi connectivity index (χ1) is 31.7. The molecule has 9 rings (SSSR count). The molecule has 10 unspecified atom stereocenters. The third kappa shape index (κ3) is 9.87. The minimum atomic E-state index is 0.0642. The van der Waals surface area contributed by atoms with Crippen LogP contribution in [0, 0.1) is 80.8 Å². The molecule has 0 saturated heterocycles. The molecule has 0 amide bonds. The molecular formula is C68H98. The van der Waals surface area contributed by atoms with Gasteiger partial charge < -0.3 is 0 Å². The molecule has 10 atom stereocenters. The van der Waals surface area contributed by atoms with Crippen LogP contribution in [0.25, 0.3) is 0 Å². The fourth-order valence-electron chi connectivity index (χ4n) is 15.6. The summed E-state index contributed by atoms with van der Waals surface area (Å²) in [5, 5.41) is 0. The smallest absolute Gasteiger partial charge is 0.0112 e. The summed E-state index contributed by atoms with van der Waals surface area (Å²) >= 11 is 0. The lowest BCUT2D eigenvalue weighted by molar-refractivity contribution is 0.163. The van der Waals surface area contributed by atoms with Crippen LogP contribution in [0.1, 0.15) is 211 Å². The van der Waals surface area contributed by atoms with Gasteiger partial charge in [0.05, 0.1) is 0 Å². The monoisotopic (exact) mass is 915 g/mol. The quantitative estimate of drug-likeness (QED) is 0.217. The fourth-order valence-corrected chi connectivity index (χ4v) is 15.6. The van der Waals surface area contributed by atoms with E-state index in [1.165, 1.54) is 101 Å². The molecule has 0 radical (unpaired) electrons. The third-order valence-corrected chi connectivity index (χ3v) is 19.9. The predicted octanol–water partition coefficient (Wildman–Crippen LogP) is 19.4. The van der Waals surface area contributed by atoms with E-state index in [2.05, 4.69) is 184 Å². The van der Waals surface area contributed by atoms with Crippen molar-refractivity contribution >= 4 is 0 Å². The highest BCUT2D eigenvalue weighted by atomic mass is 14.6. The van der Waals surface area contributed by atoms with E-state index in [9.17, 15) is 0 Å². The van der Waals surface area contributed by atoms with E-state index in [1.807, 2.05) is 5.57 Å². The van der Waals surface area contributed by atoms with Crippen LogP contribution < -0.4 is 0 Å². The number of rotatable bonds is 9. The van der Waals surface area contributed by atoms with Crippen molar-refractivity contribution in [2.75, 3.05) is 0 Å². The van der Waals surface area contributed by atoms with Gasteiger partial charge in [0.25, 0.3) is 0 Å². The molecule has 0 heteroatoms. The molecule has 0 aromatic heterocycles. The summed E-state index contributed by atoms with van der Waals surface area (Å²) < 4.78 is 0. The Kier molecular flexibility index (Phi) is 13.3. The van der Waals surface area contributed by atoms with Gasteiger partial charge >= 0.3 is 0 Å². The van der Waals surface area contributed by atoms with Crippen molar-refractivity contribution in [2.24, 2.45) is 80.8 Å². The molecule has 1 aromatic rings. The van der Waals surface area contributed by atoms with Gasteiger partial charge in [-0.05, 0) is 191 Å².